The Balaban J connectivity index is 1.97. The fourth-order valence-electron chi connectivity index (χ4n) is 3.86. The van der Waals surface area contributed by atoms with E-state index in [0.29, 0.717) is 6.54 Å². The Bertz CT molecular complexity index is 981. The summed E-state index contributed by atoms with van der Waals surface area (Å²) in [6.07, 6.45) is 0. The monoisotopic (exact) mass is 364 g/mol. The Morgan fingerprint density at radius 1 is 1.11 bits per heavy atom. The van der Waals surface area contributed by atoms with Crippen LogP contribution in [-0.2, 0) is 4.79 Å². The Labute approximate surface area is 157 Å². The zero-order valence-electron chi connectivity index (χ0n) is 15.3. The van der Waals surface area contributed by atoms with Gasteiger partial charge in [-0.1, -0.05) is 30.3 Å². The van der Waals surface area contributed by atoms with Gasteiger partial charge < -0.3 is 5.73 Å². The molecule has 3 aromatic rings. The molecule has 2 heterocycles. The molecule has 4 rings (SSSR count). The summed E-state index contributed by atoms with van der Waals surface area (Å²) in [4.78, 5) is 14.7. The van der Waals surface area contributed by atoms with Crippen LogP contribution in [0.5, 0.6) is 0 Å². The highest BCUT2D eigenvalue weighted by Gasteiger charge is 2.42. The van der Waals surface area contributed by atoms with Gasteiger partial charge in [-0.3, -0.25) is 9.69 Å². The molecule has 0 fully saturated rings. The first-order chi connectivity index (χ1) is 13.0. The number of likely N-dealkylation sites (N-methyl/N-ethyl adjacent to an activating group) is 1. The predicted octanol–water partition coefficient (Wildman–Crippen LogP) is 3.15. The summed E-state index contributed by atoms with van der Waals surface area (Å²) in [5, 5.41) is 4.72. The van der Waals surface area contributed by atoms with Gasteiger partial charge in [-0.2, -0.15) is 5.10 Å². The summed E-state index contributed by atoms with van der Waals surface area (Å²) < 4.78 is 15.2. The number of benzene rings is 2. The summed E-state index contributed by atoms with van der Waals surface area (Å²) in [5.41, 5.74) is 9.78. The number of carbonyl (C=O) groups is 1. The minimum absolute atomic E-state index is 0.156. The molecule has 138 valence electrons. The number of nitrogens with zero attached hydrogens (tertiary/aromatic N) is 3. The Morgan fingerprint density at radius 2 is 1.78 bits per heavy atom. The van der Waals surface area contributed by atoms with Crippen LogP contribution < -0.4 is 10.6 Å². The van der Waals surface area contributed by atoms with E-state index < -0.39 is 6.04 Å². The number of rotatable bonds is 3. The molecular weight excluding hydrogens is 343 g/mol. The third-order valence-electron chi connectivity index (χ3n) is 5.10. The molecule has 1 aliphatic rings. The summed E-state index contributed by atoms with van der Waals surface area (Å²) in [5.74, 6) is -0.103. The normalized spacial score (nSPS) is 19.3. The Kier molecular flexibility index (Phi) is 4.28. The van der Waals surface area contributed by atoms with Gasteiger partial charge in [0.1, 0.15) is 11.6 Å². The lowest BCUT2D eigenvalue weighted by Crippen LogP contribution is -2.51. The molecule has 0 saturated carbocycles. The number of para-hydroxylation sites is 1. The van der Waals surface area contributed by atoms with Crippen LogP contribution in [0.4, 0.5) is 10.2 Å². The zero-order valence-corrected chi connectivity index (χ0v) is 15.3. The number of halogens is 1. The van der Waals surface area contributed by atoms with Gasteiger partial charge >= 0.3 is 0 Å². The quantitative estimate of drug-likeness (QED) is 0.776. The van der Waals surface area contributed by atoms with Gasteiger partial charge in [-0.25, -0.2) is 9.07 Å². The van der Waals surface area contributed by atoms with Crippen LogP contribution >= 0.6 is 0 Å². The molecule has 2 aromatic carbocycles. The molecule has 2 N–H and O–H groups in total. The van der Waals surface area contributed by atoms with Crippen LogP contribution in [0.1, 0.15) is 29.7 Å². The van der Waals surface area contributed by atoms with Crippen molar-refractivity contribution in [1.82, 2.24) is 9.78 Å². The number of nitrogens with two attached hydrogens (primary N) is 1. The summed E-state index contributed by atoms with van der Waals surface area (Å²) >= 11 is 0. The maximum Gasteiger partial charge on any atom is 0.246 e. The van der Waals surface area contributed by atoms with E-state index in [0.717, 1.165) is 28.3 Å². The summed E-state index contributed by atoms with van der Waals surface area (Å²) in [6.45, 7) is 4.34. The lowest BCUT2D eigenvalue weighted by atomic mass is 9.81. The molecule has 0 radical (unpaired) electrons. The van der Waals surface area contributed by atoms with Gasteiger partial charge in [0.25, 0.3) is 0 Å². The topological polar surface area (TPSA) is 64.2 Å². The van der Waals surface area contributed by atoms with E-state index in [-0.39, 0.29) is 17.6 Å². The maximum atomic E-state index is 13.4. The first-order valence-electron chi connectivity index (χ1n) is 9.00. The van der Waals surface area contributed by atoms with Gasteiger partial charge in [0, 0.05) is 18.0 Å². The van der Waals surface area contributed by atoms with E-state index in [1.165, 1.54) is 12.1 Å². The second kappa shape index (κ2) is 6.63. The number of hydrogen-bond donors (Lipinski definition) is 1. The predicted molar refractivity (Wildman–Crippen MR) is 103 cm³/mol. The standard InChI is InChI=1S/C21H21FN4O/c1-3-25-20-17(13(2)24-26(20)16-7-5-4-6-8-16)18(19(23)21(25)27)14-9-11-15(22)12-10-14/h4-12,18-19H,3,23H2,1-2H3/t18-,19-/m1/s1. The molecule has 27 heavy (non-hydrogen) atoms. The van der Waals surface area contributed by atoms with Crippen molar-refractivity contribution >= 4 is 11.7 Å². The van der Waals surface area contributed by atoms with Crippen molar-refractivity contribution < 1.29 is 9.18 Å². The number of hydrogen-bond acceptors (Lipinski definition) is 3. The number of fused-ring (bicyclic) bond motifs is 1. The van der Waals surface area contributed by atoms with Crippen molar-refractivity contribution in [2.45, 2.75) is 25.8 Å². The average molecular weight is 364 g/mol. The molecule has 2 atom stereocenters. The van der Waals surface area contributed by atoms with Gasteiger partial charge in [-0.05, 0) is 43.7 Å². The molecule has 0 aliphatic carbocycles. The smallest absolute Gasteiger partial charge is 0.246 e. The molecule has 6 heteroatoms. The van der Waals surface area contributed by atoms with Crippen molar-refractivity contribution in [3.8, 4) is 5.69 Å². The molecular formula is C21H21FN4O. The minimum Gasteiger partial charge on any atom is -0.319 e. The third kappa shape index (κ3) is 2.73. The molecule has 0 unspecified atom stereocenters. The summed E-state index contributed by atoms with van der Waals surface area (Å²) in [7, 11) is 0. The second-order valence-corrected chi connectivity index (χ2v) is 6.71. The van der Waals surface area contributed by atoms with Crippen LogP contribution in [0.25, 0.3) is 5.69 Å². The van der Waals surface area contributed by atoms with Crippen LogP contribution in [0.2, 0.25) is 0 Å². The first-order valence-corrected chi connectivity index (χ1v) is 9.00. The number of amides is 1. The number of anilines is 1. The first kappa shape index (κ1) is 17.4. The molecule has 1 aliphatic heterocycles. The zero-order chi connectivity index (χ0) is 19.1. The molecule has 1 amide bonds. The van der Waals surface area contributed by atoms with Gasteiger partial charge in [0.05, 0.1) is 17.4 Å². The van der Waals surface area contributed by atoms with Crippen LogP contribution in [0.3, 0.4) is 0 Å². The van der Waals surface area contributed by atoms with Gasteiger partial charge in [0.15, 0.2) is 0 Å². The second-order valence-electron chi connectivity index (χ2n) is 6.71. The van der Waals surface area contributed by atoms with E-state index in [9.17, 15) is 9.18 Å². The summed E-state index contributed by atoms with van der Waals surface area (Å²) in [6, 6.07) is 15.1. The fraction of sp³-hybridized carbons (Fsp3) is 0.238. The highest BCUT2D eigenvalue weighted by atomic mass is 19.1. The molecule has 0 saturated heterocycles. The third-order valence-corrected chi connectivity index (χ3v) is 5.10. The van der Waals surface area contributed by atoms with Crippen molar-refractivity contribution in [3.05, 3.63) is 77.2 Å². The molecule has 0 spiro atoms. The highest BCUT2D eigenvalue weighted by Crippen LogP contribution is 2.42. The van der Waals surface area contributed by atoms with E-state index in [1.54, 1.807) is 21.7 Å². The van der Waals surface area contributed by atoms with E-state index in [4.69, 9.17) is 10.8 Å². The largest absolute Gasteiger partial charge is 0.319 e. The minimum atomic E-state index is -0.741. The number of aryl methyl sites for hydroxylation is 1. The van der Waals surface area contributed by atoms with Crippen molar-refractivity contribution in [2.75, 3.05) is 11.4 Å². The maximum absolute atomic E-state index is 13.4. The molecule has 5 nitrogen and oxygen atoms in total. The van der Waals surface area contributed by atoms with Crippen molar-refractivity contribution in [2.24, 2.45) is 5.73 Å². The Morgan fingerprint density at radius 3 is 2.41 bits per heavy atom. The van der Waals surface area contributed by atoms with Crippen molar-refractivity contribution in [1.29, 1.82) is 0 Å². The van der Waals surface area contributed by atoms with E-state index in [1.807, 2.05) is 44.2 Å². The van der Waals surface area contributed by atoms with E-state index in [2.05, 4.69) is 0 Å². The van der Waals surface area contributed by atoms with Crippen LogP contribution in [0.15, 0.2) is 54.6 Å². The highest BCUT2D eigenvalue weighted by molar-refractivity contribution is 6.01. The van der Waals surface area contributed by atoms with Crippen molar-refractivity contribution in [3.63, 3.8) is 0 Å². The lowest BCUT2D eigenvalue weighted by molar-refractivity contribution is -0.120. The molecule has 1 aromatic heterocycles. The van der Waals surface area contributed by atoms with Gasteiger partial charge in [0.2, 0.25) is 5.91 Å². The molecule has 0 bridgehead atoms. The van der Waals surface area contributed by atoms with Gasteiger partial charge in [-0.15, -0.1) is 0 Å². The number of carbonyl (C=O) groups excluding carboxylic acids is 1. The SMILES string of the molecule is CCN1C(=O)[C@H](N)[C@H](c2ccc(F)cc2)c2c(C)nn(-c3ccccc3)c21. The Hall–Kier alpha value is -2.99. The fourth-order valence-corrected chi connectivity index (χ4v) is 3.86. The van der Waals surface area contributed by atoms with Crippen LogP contribution in [0, 0.1) is 12.7 Å². The lowest BCUT2D eigenvalue weighted by Gasteiger charge is -2.36. The van der Waals surface area contributed by atoms with E-state index >= 15 is 0 Å². The number of aromatic nitrogens is 2. The average Bonchev–Trinajstić information content (AvgIpc) is 3.02. The van der Waals surface area contributed by atoms with Crippen LogP contribution in [-0.4, -0.2) is 28.3 Å².